The number of hydrogen-bond donors (Lipinski definition) is 1. The molecule has 3 rings (SSSR count). The smallest absolute Gasteiger partial charge is 0.253 e. The summed E-state index contributed by atoms with van der Waals surface area (Å²) in [5.74, 6) is 1.13. The molecular formula is C29H40N6O. The molecule has 0 radical (unpaired) electrons. The van der Waals surface area contributed by atoms with E-state index in [1.807, 2.05) is 44.3 Å². The molecule has 2 aromatic rings. The fraction of sp³-hybridized carbons (Fsp3) is 0.483. The number of likely N-dealkylation sites (tertiary alicyclic amines) is 1. The van der Waals surface area contributed by atoms with E-state index in [2.05, 4.69) is 59.3 Å². The number of carbonyl (C=O) groups excluding carboxylic acids is 1. The average molecular weight is 489 g/mol. The van der Waals surface area contributed by atoms with E-state index in [0.29, 0.717) is 36.6 Å². The zero-order chi connectivity index (χ0) is 25.9. The van der Waals surface area contributed by atoms with Crippen molar-refractivity contribution in [2.45, 2.75) is 46.6 Å². The molecule has 0 aliphatic carbocycles. The lowest BCUT2D eigenvalue weighted by atomic mass is 9.84. The Bertz CT molecular complexity index is 1010. The summed E-state index contributed by atoms with van der Waals surface area (Å²) < 4.78 is 0. The van der Waals surface area contributed by atoms with Crippen molar-refractivity contribution in [3.8, 4) is 6.19 Å². The van der Waals surface area contributed by atoms with Gasteiger partial charge in [0.1, 0.15) is 0 Å². The number of benzene rings is 2. The van der Waals surface area contributed by atoms with Crippen molar-refractivity contribution < 1.29 is 4.79 Å². The normalized spacial score (nSPS) is 15.4. The number of rotatable bonds is 9. The average Bonchev–Trinajstić information content (AvgIpc) is 2.93. The van der Waals surface area contributed by atoms with Gasteiger partial charge in [0.2, 0.25) is 5.96 Å². The Morgan fingerprint density at radius 2 is 1.61 bits per heavy atom. The van der Waals surface area contributed by atoms with Crippen molar-refractivity contribution >= 4 is 17.6 Å². The predicted octanol–water partition coefficient (Wildman–Crippen LogP) is 5.02. The van der Waals surface area contributed by atoms with E-state index in [1.165, 1.54) is 5.56 Å². The lowest BCUT2D eigenvalue weighted by Gasteiger charge is -2.41. The van der Waals surface area contributed by atoms with Crippen LogP contribution in [0.15, 0.2) is 59.6 Å². The van der Waals surface area contributed by atoms with Gasteiger partial charge in [-0.15, -0.1) is 0 Å². The van der Waals surface area contributed by atoms with E-state index in [4.69, 9.17) is 4.99 Å². The molecule has 1 aliphatic rings. The summed E-state index contributed by atoms with van der Waals surface area (Å²) in [6.07, 6.45) is 4.10. The first-order valence-electron chi connectivity index (χ1n) is 13.2. The SMILES string of the molecule is CCN(CC)C(=O)c1ccc(N=C(NC#N)N2CCC(C(c3ccccc3)N(CC)CC)CC2)cc1. The molecule has 1 atom stereocenters. The molecule has 1 amide bonds. The molecule has 1 aliphatic heterocycles. The van der Waals surface area contributed by atoms with Gasteiger partial charge < -0.3 is 9.80 Å². The lowest BCUT2D eigenvalue weighted by Crippen LogP contribution is -2.46. The monoisotopic (exact) mass is 488 g/mol. The predicted molar refractivity (Wildman–Crippen MR) is 146 cm³/mol. The Morgan fingerprint density at radius 1 is 1.00 bits per heavy atom. The topological polar surface area (TPSA) is 75.0 Å². The second-order valence-electron chi connectivity index (χ2n) is 9.10. The van der Waals surface area contributed by atoms with Gasteiger partial charge in [-0.2, -0.15) is 5.26 Å². The summed E-state index contributed by atoms with van der Waals surface area (Å²) in [5, 5.41) is 12.2. The molecule has 2 aromatic carbocycles. The summed E-state index contributed by atoms with van der Waals surface area (Å²) >= 11 is 0. The molecule has 7 heteroatoms. The highest BCUT2D eigenvalue weighted by atomic mass is 16.2. The second kappa shape index (κ2) is 13.6. The van der Waals surface area contributed by atoms with Crippen LogP contribution >= 0.6 is 0 Å². The van der Waals surface area contributed by atoms with Crippen LogP contribution in [0.4, 0.5) is 5.69 Å². The summed E-state index contributed by atoms with van der Waals surface area (Å²) in [6.45, 7) is 13.5. The molecule has 0 aromatic heterocycles. The summed E-state index contributed by atoms with van der Waals surface area (Å²) in [5.41, 5.74) is 2.75. The number of aliphatic imine (C=N–C) groups is 1. The Kier molecular flexibility index (Phi) is 10.3. The maximum Gasteiger partial charge on any atom is 0.253 e. The number of guanidine groups is 1. The summed E-state index contributed by atoms with van der Waals surface area (Å²) in [4.78, 5) is 23.8. The molecule has 1 saturated heterocycles. The summed E-state index contributed by atoms with van der Waals surface area (Å²) in [6, 6.07) is 18.5. The highest BCUT2D eigenvalue weighted by Gasteiger charge is 2.31. The number of nitriles is 1. The Hall–Kier alpha value is -3.37. The van der Waals surface area contributed by atoms with Gasteiger partial charge in [0.05, 0.1) is 5.69 Å². The maximum absolute atomic E-state index is 12.6. The molecule has 1 fully saturated rings. The molecule has 7 nitrogen and oxygen atoms in total. The quantitative estimate of drug-likeness (QED) is 0.232. The van der Waals surface area contributed by atoms with E-state index in [0.717, 1.165) is 44.7 Å². The standard InChI is InChI=1S/C29H40N6O/c1-5-33(6-2)27(23-12-10-9-11-13-23)24-18-20-35(21-19-24)29(31-22-30)32-26-16-14-25(15-17-26)28(36)34(7-3)8-4/h9-17,24,27H,5-8,18-21H2,1-4H3,(H,31,32). The minimum absolute atomic E-state index is 0.0224. The van der Waals surface area contributed by atoms with Crippen molar-refractivity contribution in [2.24, 2.45) is 10.9 Å². The lowest BCUT2D eigenvalue weighted by molar-refractivity contribution is 0.0773. The van der Waals surface area contributed by atoms with Crippen LogP contribution in [0, 0.1) is 17.4 Å². The van der Waals surface area contributed by atoms with Crippen LogP contribution in [0.5, 0.6) is 0 Å². The Balaban J connectivity index is 1.73. The van der Waals surface area contributed by atoms with Crippen molar-refractivity contribution in [2.75, 3.05) is 39.3 Å². The first-order chi connectivity index (χ1) is 17.6. The largest absolute Gasteiger partial charge is 0.342 e. The highest BCUT2D eigenvalue weighted by Crippen LogP contribution is 2.35. The van der Waals surface area contributed by atoms with Crippen LogP contribution in [-0.4, -0.2) is 65.8 Å². The summed E-state index contributed by atoms with van der Waals surface area (Å²) in [7, 11) is 0. The fourth-order valence-corrected chi connectivity index (χ4v) is 5.20. The number of nitrogens with one attached hydrogen (secondary N) is 1. The van der Waals surface area contributed by atoms with Crippen molar-refractivity contribution in [1.82, 2.24) is 20.0 Å². The third kappa shape index (κ3) is 6.64. The van der Waals surface area contributed by atoms with E-state index in [9.17, 15) is 10.1 Å². The molecule has 1 heterocycles. The number of carbonyl (C=O) groups is 1. The van der Waals surface area contributed by atoms with Crippen molar-refractivity contribution in [3.63, 3.8) is 0 Å². The van der Waals surface area contributed by atoms with E-state index in [-0.39, 0.29) is 5.91 Å². The number of hydrogen-bond acceptors (Lipinski definition) is 4. The minimum Gasteiger partial charge on any atom is -0.342 e. The van der Waals surface area contributed by atoms with Crippen LogP contribution < -0.4 is 5.32 Å². The van der Waals surface area contributed by atoms with Gasteiger partial charge in [-0.25, -0.2) is 4.99 Å². The number of amides is 1. The molecule has 192 valence electrons. The number of nitrogens with zero attached hydrogens (tertiary/aromatic N) is 5. The van der Waals surface area contributed by atoms with Crippen molar-refractivity contribution in [1.29, 1.82) is 5.26 Å². The molecule has 1 N–H and O–H groups in total. The van der Waals surface area contributed by atoms with Crippen LogP contribution in [0.2, 0.25) is 0 Å². The number of piperidine rings is 1. The van der Waals surface area contributed by atoms with Gasteiger partial charge in [0, 0.05) is 37.8 Å². The molecule has 36 heavy (non-hydrogen) atoms. The van der Waals surface area contributed by atoms with Gasteiger partial charge in [-0.1, -0.05) is 44.2 Å². The van der Waals surface area contributed by atoms with E-state index < -0.39 is 0 Å². The van der Waals surface area contributed by atoms with Gasteiger partial charge in [-0.05, 0) is 75.5 Å². The molecule has 0 saturated carbocycles. The minimum atomic E-state index is 0.0224. The Morgan fingerprint density at radius 3 is 2.14 bits per heavy atom. The zero-order valence-corrected chi connectivity index (χ0v) is 22.2. The van der Waals surface area contributed by atoms with Gasteiger partial charge in [-0.3, -0.25) is 15.0 Å². The van der Waals surface area contributed by atoms with Crippen molar-refractivity contribution in [3.05, 3.63) is 65.7 Å². The molecule has 0 bridgehead atoms. The van der Waals surface area contributed by atoms with Gasteiger partial charge in [0.25, 0.3) is 5.91 Å². The van der Waals surface area contributed by atoms with E-state index >= 15 is 0 Å². The maximum atomic E-state index is 12.6. The molecule has 0 spiro atoms. The molecule has 1 unspecified atom stereocenters. The fourth-order valence-electron chi connectivity index (χ4n) is 5.20. The van der Waals surface area contributed by atoms with Crippen LogP contribution in [0.1, 0.15) is 62.5 Å². The third-order valence-corrected chi connectivity index (χ3v) is 7.20. The third-order valence-electron chi connectivity index (χ3n) is 7.20. The van der Waals surface area contributed by atoms with Crippen LogP contribution in [-0.2, 0) is 0 Å². The van der Waals surface area contributed by atoms with Crippen LogP contribution in [0.25, 0.3) is 0 Å². The highest BCUT2D eigenvalue weighted by molar-refractivity contribution is 5.94. The second-order valence-corrected chi connectivity index (χ2v) is 9.10. The first-order valence-corrected chi connectivity index (χ1v) is 13.2. The van der Waals surface area contributed by atoms with Gasteiger partial charge >= 0.3 is 0 Å². The first kappa shape index (κ1) is 27.2. The molecular weight excluding hydrogens is 448 g/mol. The Labute approximate surface area is 216 Å². The van der Waals surface area contributed by atoms with Gasteiger partial charge in [0.15, 0.2) is 6.19 Å². The van der Waals surface area contributed by atoms with E-state index in [1.54, 1.807) is 4.90 Å². The van der Waals surface area contributed by atoms with Crippen LogP contribution in [0.3, 0.4) is 0 Å². The zero-order valence-electron chi connectivity index (χ0n) is 22.2.